The van der Waals surface area contributed by atoms with Crippen molar-refractivity contribution in [1.29, 1.82) is 0 Å². The fraction of sp³-hybridized carbons (Fsp3) is 0.211. The Morgan fingerprint density at radius 1 is 1.04 bits per heavy atom. The average molecular weight is 341 g/mol. The molecule has 24 heavy (non-hydrogen) atoms. The summed E-state index contributed by atoms with van der Waals surface area (Å²) in [4.78, 5) is 5.31. The van der Waals surface area contributed by atoms with Crippen LogP contribution in [0.25, 0.3) is 11.6 Å². The minimum absolute atomic E-state index is 0.319. The van der Waals surface area contributed by atoms with Crippen molar-refractivity contribution < 1.29 is 13.3 Å². The third-order valence-electron chi connectivity index (χ3n) is 4.07. The Morgan fingerprint density at radius 3 is 2.42 bits per heavy atom. The molecule has 1 aliphatic carbocycles. The summed E-state index contributed by atoms with van der Waals surface area (Å²) in [5.41, 5.74) is 5.28. The van der Waals surface area contributed by atoms with Crippen molar-refractivity contribution in [1.82, 2.24) is 0 Å². The van der Waals surface area contributed by atoms with E-state index in [1.165, 1.54) is 11.8 Å². The van der Waals surface area contributed by atoms with Gasteiger partial charge in [-0.3, -0.25) is 0 Å². The number of fused-ring (bicyclic) bond motifs is 1. The van der Waals surface area contributed by atoms with Crippen LogP contribution in [0.3, 0.4) is 0 Å². The van der Waals surface area contributed by atoms with Gasteiger partial charge in [0, 0.05) is 11.8 Å². The Kier molecular flexibility index (Phi) is 4.53. The molecule has 124 valence electrons. The van der Waals surface area contributed by atoms with Crippen LogP contribution in [0.15, 0.2) is 58.6 Å². The molecule has 3 rings (SSSR count). The van der Waals surface area contributed by atoms with Gasteiger partial charge in [-0.15, -0.1) is 0 Å². The van der Waals surface area contributed by atoms with E-state index in [0.717, 1.165) is 35.3 Å². The molecule has 0 fully saturated rings. The highest BCUT2D eigenvalue weighted by molar-refractivity contribution is 7.90. The zero-order chi connectivity index (χ0) is 17.2. The summed E-state index contributed by atoms with van der Waals surface area (Å²) < 4.78 is 23.2. The number of aryl methyl sites for hydroxylation is 1. The second-order valence-electron chi connectivity index (χ2n) is 5.78. The van der Waals surface area contributed by atoms with Gasteiger partial charge in [0.15, 0.2) is 9.84 Å². The van der Waals surface area contributed by atoms with Crippen molar-refractivity contribution in [3.63, 3.8) is 0 Å². The van der Waals surface area contributed by atoms with Crippen LogP contribution in [0.1, 0.15) is 23.1 Å². The van der Waals surface area contributed by atoms with E-state index in [1.54, 1.807) is 19.2 Å². The Bertz CT molecular complexity index is 910. The molecule has 0 saturated carbocycles. The molecular formula is C19H19NO3S. The zero-order valence-corrected chi connectivity index (χ0v) is 14.5. The van der Waals surface area contributed by atoms with Crippen molar-refractivity contribution in [3.05, 3.63) is 65.2 Å². The highest BCUT2D eigenvalue weighted by Gasteiger charge is 2.20. The van der Waals surface area contributed by atoms with Crippen molar-refractivity contribution in [2.24, 2.45) is 5.16 Å². The first kappa shape index (κ1) is 16.5. The Labute approximate surface area is 142 Å². The first-order chi connectivity index (χ1) is 11.5. The van der Waals surface area contributed by atoms with Crippen LogP contribution < -0.4 is 0 Å². The summed E-state index contributed by atoms with van der Waals surface area (Å²) >= 11 is 0. The number of sulfone groups is 1. The van der Waals surface area contributed by atoms with Crippen molar-refractivity contribution in [3.8, 4) is 0 Å². The number of hydrogen-bond acceptors (Lipinski definition) is 4. The molecule has 1 aliphatic rings. The summed E-state index contributed by atoms with van der Waals surface area (Å²) in [6, 6.07) is 15.1. The number of benzene rings is 2. The van der Waals surface area contributed by atoms with E-state index < -0.39 is 9.84 Å². The molecule has 0 spiro atoms. The fourth-order valence-corrected chi connectivity index (χ4v) is 3.52. The Morgan fingerprint density at radius 2 is 1.75 bits per heavy atom. The standard InChI is InChI=1S/C19H19NO3S/c1-23-20-19-12-9-15-5-3-4-6-17(15)18(19)13-14-7-10-16(11-8-14)24(2,21)22/h3-8,10-11,13H,9,12H2,1-2H3/b18-13+,20-19+. The highest BCUT2D eigenvalue weighted by atomic mass is 32.2. The van der Waals surface area contributed by atoms with Crippen molar-refractivity contribution in [2.45, 2.75) is 17.7 Å². The molecule has 0 saturated heterocycles. The quantitative estimate of drug-likeness (QED) is 0.802. The van der Waals surface area contributed by atoms with E-state index in [9.17, 15) is 8.42 Å². The topological polar surface area (TPSA) is 55.7 Å². The fourth-order valence-electron chi connectivity index (χ4n) is 2.89. The summed E-state index contributed by atoms with van der Waals surface area (Å²) in [6.07, 6.45) is 4.99. The van der Waals surface area contributed by atoms with Gasteiger partial charge in [0.1, 0.15) is 7.11 Å². The number of allylic oxidation sites excluding steroid dienone is 1. The molecule has 4 nitrogen and oxygen atoms in total. The normalized spacial score (nSPS) is 17.8. The van der Waals surface area contributed by atoms with Gasteiger partial charge in [0.2, 0.25) is 0 Å². The second kappa shape index (κ2) is 6.61. The van der Waals surface area contributed by atoms with E-state index in [1.807, 2.05) is 30.3 Å². The second-order valence-corrected chi connectivity index (χ2v) is 7.79. The Balaban J connectivity index is 2.07. The molecule has 0 atom stereocenters. The smallest absolute Gasteiger partial charge is 0.175 e. The molecule has 0 amide bonds. The SMILES string of the molecule is CO/N=C1\CCc2ccccc2\C1=C/c1ccc(S(C)(=O)=O)cc1. The van der Waals surface area contributed by atoms with Gasteiger partial charge in [-0.25, -0.2) is 8.42 Å². The first-order valence-corrected chi connectivity index (χ1v) is 9.58. The molecule has 2 aromatic rings. The molecule has 0 heterocycles. The average Bonchev–Trinajstić information content (AvgIpc) is 2.57. The maximum Gasteiger partial charge on any atom is 0.175 e. The van der Waals surface area contributed by atoms with Crippen LogP contribution in [0, 0.1) is 0 Å². The van der Waals surface area contributed by atoms with Gasteiger partial charge < -0.3 is 4.84 Å². The van der Waals surface area contributed by atoms with Gasteiger partial charge in [-0.2, -0.15) is 0 Å². The lowest BCUT2D eigenvalue weighted by Gasteiger charge is -2.20. The largest absolute Gasteiger partial charge is 0.399 e. The summed E-state index contributed by atoms with van der Waals surface area (Å²) in [6.45, 7) is 0. The molecule has 0 radical (unpaired) electrons. The van der Waals surface area contributed by atoms with Gasteiger partial charge in [-0.05, 0) is 47.7 Å². The molecule has 0 aromatic heterocycles. The minimum atomic E-state index is -3.19. The zero-order valence-electron chi connectivity index (χ0n) is 13.7. The lowest BCUT2D eigenvalue weighted by molar-refractivity contribution is 0.213. The van der Waals surface area contributed by atoms with E-state index in [-0.39, 0.29) is 0 Å². The van der Waals surface area contributed by atoms with Crippen LogP contribution >= 0.6 is 0 Å². The lowest BCUT2D eigenvalue weighted by Crippen LogP contribution is -2.13. The highest BCUT2D eigenvalue weighted by Crippen LogP contribution is 2.31. The molecule has 0 aliphatic heterocycles. The van der Waals surface area contributed by atoms with Crippen LogP contribution in [0.4, 0.5) is 0 Å². The molecule has 0 N–H and O–H groups in total. The predicted octanol–water partition coefficient (Wildman–Crippen LogP) is 3.58. The maximum atomic E-state index is 11.6. The van der Waals surface area contributed by atoms with E-state index in [2.05, 4.69) is 17.3 Å². The number of rotatable bonds is 3. The number of hydrogen-bond donors (Lipinski definition) is 0. The van der Waals surface area contributed by atoms with Gasteiger partial charge in [0.05, 0.1) is 10.6 Å². The van der Waals surface area contributed by atoms with E-state index >= 15 is 0 Å². The van der Waals surface area contributed by atoms with E-state index in [0.29, 0.717) is 4.90 Å². The number of nitrogens with zero attached hydrogens (tertiary/aromatic N) is 1. The van der Waals surface area contributed by atoms with E-state index in [4.69, 9.17) is 4.84 Å². The van der Waals surface area contributed by atoms with Crippen molar-refractivity contribution in [2.75, 3.05) is 13.4 Å². The van der Waals surface area contributed by atoms with Crippen LogP contribution in [0.2, 0.25) is 0 Å². The van der Waals surface area contributed by atoms with Crippen LogP contribution in [0.5, 0.6) is 0 Å². The molecule has 5 heteroatoms. The van der Waals surface area contributed by atoms with Crippen LogP contribution in [-0.2, 0) is 21.1 Å². The predicted molar refractivity (Wildman–Crippen MR) is 96.6 cm³/mol. The summed E-state index contributed by atoms with van der Waals surface area (Å²) in [5, 5.41) is 4.17. The minimum Gasteiger partial charge on any atom is -0.399 e. The molecule has 0 bridgehead atoms. The molecule has 0 unspecified atom stereocenters. The van der Waals surface area contributed by atoms with Crippen LogP contribution in [-0.4, -0.2) is 27.5 Å². The molecular weight excluding hydrogens is 322 g/mol. The third kappa shape index (κ3) is 3.41. The maximum absolute atomic E-state index is 11.6. The third-order valence-corrected chi connectivity index (χ3v) is 5.20. The van der Waals surface area contributed by atoms with Crippen molar-refractivity contribution >= 4 is 27.2 Å². The Hall–Kier alpha value is -2.40. The van der Waals surface area contributed by atoms with Gasteiger partial charge in [0.25, 0.3) is 0 Å². The van der Waals surface area contributed by atoms with Gasteiger partial charge >= 0.3 is 0 Å². The monoisotopic (exact) mass is 341 g/mol. The summed E-state index contributed by atoms with van der Waals surface area (Å²) in [5.74, 6) is 0. The lowest BCUT2D eigenvalue weighted by atomic mass is 9.85. The van der Waals surface area contributed by atoms with Gasteiger partial charge in [-0.1, -0.05) is 41.6 Å². The number of oxime groups is 1. The molecule has 2 aromatic carbocycles. The summed E-state index contributed by atoms with van der Waals surface area (Å²) in [7, 11) is -1.64. The first-order valence-electron chi connectivity index (χ1n) is 7.69.